The van der Waals surface area contributed by atoms with Crippen LogP contribution in [0.25, 0.3) is 11.1 Å². The van der Waals surface area contributed by atoms with Crippen molar-refractivity contribution in [2.45, 2.75) is 44.7 Å². The topological polar surface area (TPSA) is 105 Å². The number of benzene rings is 2. The van der Waals surface area contributed by atoms with Crippen LogP contribution < -0.4 is 10.6 Å². The van der Waals surface area contributed by atoms with Crippen molar-refractivity contribution in [1.29, 1.82) is 0 Å². The number of nitrogens with one attached hydrogen (secondary N) is 2. The molecular formula is C25H28N2O5. The molecule has 0 radical (unpaired) electrons. The molecule has 2 amide bonds. The van der Waals surface area contributed by atoms with Crippen molar-refractivity contribution >= 4 is 18.0 Å². The zero-order valence-electron chi connectivity index (χ0n) is 18.2. The van der Waals surface area contributed by atoms with Crippen LogP contribution in [0.5, 0.6) is 0 Å². The number of rotatable bonds is 8. The molecule has 4 rings (SSSR count). The van der Waals surface area contributed by atoms with Crippen molar-refractivity contribution in [2.24, 2.45) is 11.8 Å². The first-order valence-corrected chi connectivity index (χ1v) is 11.0. The van der Waals surface area contributed by atoms with Gasteiger partial charge >= 0.3 is 12.1 Å². The Hall–Kier alpha value is -3.35. The lowest BCUT2D eigenvalue weighted by atomic mass is 9.98. The van der Waals surface area contributed by atoms with Crippen molar-refractivity contribution in [2.75, 3.05) is 6.61 Å². The zero-order valence-corrected chi connectivity index (χ0v) is 18.2. The molecule has 0 aromatic heterocycles. The number of amides is 2. The lowest BCUT2D eigenvalue weighted by molar-refractivity contribution is -0.143. The molecule has 0 bridgehead atoms. The maximum atomic E-state index is 12.5. The van der Waals surface area contributed by atoms with Crippen molar-refractivity contribution in [1.82, 2.24) is 10.6 Å². The van der Waals surface area contributed by atoms with Gasteiger partial charge in [-0.3, -0.25) is 4.79 Å². The van der Waals surface area contributed by atoms with E-state index in [-0.39, 0.29) is 18.4 Å². The van der Waals surface area contributed by atoms with Gasteiger partial charge in [0.1, 0.15) is 12.6 Å². The van der Waals surface area contributed by atoms with Crippen LogP contribution in [-0.4, -0.2) is 41.8 Å². The minimum Gasteiger partial charge on any atom is -0.480 e. The maximum absolute atomic E-state index is 12.5. The molecule has 7 heteroatoms. The molecule has 2 aromatic rings. The van der Waals surface area contributed by atoms with E-state index < -0.39 is 36.0 Å². The fourth-order valence-electron chi connectivity index (χ4n) is 4.27. The summed E-state index contributed by atoms with van der Waals surface area (Å²) in [6, 6.07) is 14.8. The van der Waals surface area contributed by atoms with E-state index in [0.29, 0.717) is 0 Å². The average Bonchev–Trinajstić information content (AvgIpc) is 3.57. The Labute approximate surface area is 187 Å². The smallest absolute Gasteiger partial charge is 0.407 e. The Morgan fingerprint density at radius 1 is 0.969 bits per heavy atom. The molecule has 1 saturated carbocycles. The summed E-state index contributed by atoms with van der Waals surface area (Å²) in [7, 11) is 0. The summed E-state index contributed by atoms with van der Waals surface area (Å²) in [6.07, 6.45) is 1.01. The highest BCUT2D eigenvalue weighted by Crippen LogP contribution is 2.44. The fourth-order valence-corrected chi connectivity index (χ4v) is 4.27. The van der Waals surface area contributed by atoms with Crippen LogP contribution in [-0.2, 0) is 14.3 Å². The van der Waals surface area contributed by atoms with E-state index >= 15 is 0 Å². The zero-order chi connectivity index (χ0) is 22.8. The van der Waals surface area contributed by atoms with Gasteiger partial charge in [0.25, 0.3) is 0 Å². The highest BCUT2D eigenvalue weighted by molar-refractivity contribution is 5.86. The first-order chi connectivity index (χ1) is 15.4. The summed E-state index contributed by atoms with van der Waals surface area (Å²) >= 11 is 0. The summed E-state index contributed by atoms with van der Waals surface area (Å²) < 4.78 is 5.53. The first-order valence-electron chi connectivity index (χ1n) is 11.0. The monoisotopic (exact) mass is 436 g/mol. The number of carbonyl (C=O) groups excluding carboxylic acids is 2. The Balaban J connectivity index is 1.33. The summed E-state index contributed by atoms with van der Waals surface area (Å²) in [6.45, 7) is 3.56. The van der Waals surface area contributed by atoms with Gasteiger partial charge in [0.2, 0.25) is 5.91 Å². The Kier molecular flexibility index (Phi) is 6.17. The molecule has 0 aliphatic heterocycles. The molecule has 7 nitrogen and oxygen atoms in total. The van der Waals surface area contributed by atoms with E-state index in [4.69, 9.17) is 4.74 Å². The lowest BCUT2D eigenvalue weighted by Crippen LogP contribution is -2.49. The molecule has 3 unspecified atom stereocenters. The SMILES string of the molecule is CC(NC(=O)OCC1c2ccccc2-c2ccccc21)C(C)C(=O)NC(C(=O)O)C1CC1. The van der Waals surface area contributed by atoms with E-state index in [1.807, 2.05) is 24.3 Å². The van der Waals surface area contributed by atoms with Gasteiger partial charge in [-0.2, -0.15) is 0 Å². The van der Waals surface area contributed by atoms with Gasteiger partial charge in [-0.15, -0.1) is 0 Å². The van der Waals surface area contributed by atoms with Crippen molar-refractivity contribution in [3.63, 3.8) is 0 Å². The van der Waals surface area contributed by atoms with E-state index in [2.05, 4.69) is 34.9 Å². The second kappa shape index (κ2) is 9.02. The van der Waals surface area contributed by atoms with E-state index in [9.17, 15) is 19.5 Å². The summed E-state index contributed by atoms with van der Waals surface area (Å²) in [5.74, 6) is -2.06. The molecule has 2 aromatic carbocycles. The van der Waals surface area contributed by atoms with Gasteiger partial charge in [-0.1, -0.05) is 55.5 Å². The molecule has 3 atom stereocenters. The number of carbonyl (C=O) groups is 3. The van der Waals surface area contributed by atoms with E-state index in [1.165, 1.54) is 0 Å². The van der Waals surface area contributed by atoms with Gasteiger partial charge in [-0.05, 0) is 47.9 Å². The molecule has 2 aliphatic rings. The van der Waals surface area contributed by atoms with Gasteiger partial charge in [0.05, 0.1) is 5.92 Å². The highest BCUT2D eigenvalue weighted by atomic mass is 16.5. The van der Waals surface area contributed by atoms with Gasteiger partial charge in [-0.25, -0.2) is 9.59 Å². The van der Waals surface area contributed by atoms with Crippen LogP contribution in [0.15, 0.2) is 48.5 Å². The van der Waals surface area contributed by atoms with Crippen LogP contribution in [0, 0.1) is 11.8 Å². The second-order valence-electron chi connectivity index (χ2n) is 8.71. The van der Waals surface area contributed by atoms with Crippen LogP contribution in [0.4, 0.5) is 4.79 Å². The molecule has 3 N–H and O–H groups in total. The minimum atomic E-state index is -1.02. The number of hydrogen-bond acceptors (Lipinski definition) is 4. The normalized spacial score (nSPS) is 17.4. The minimum absolute atomic E-state index is 0.00551. The Morgan fingerprint density at radius 2 is 1.53 bits per heavy atom. The Bertz CT molecular complexity index is 987. The average molecular weight is 437 g/mol. The number of carboxylic acids is 1. The van der Waals surface area contributed by atoms with Gasteiger partial charge in [0, 0.05) is 12.0 Å². The summed E-state index contributed by atoms with van der Waals surface area (Å²) in [4.78, 5) is 36.3. The maximum Gasteiger partial charge on any atom is 0.407 e. The Morgan fingerprint density at radius 3 is 2.06 bits per heavy atom. The summed E-state index contributed by atoms with van der Waals surface area (Å²) in [5.41, 5.74) is 4.56. The molecular weight excluding hydrogens is 408 g/mol. The van der Waals surface area contributed by atoms with Crippen LogP contribution >= 0.6 is 0 Å². The molecule has 0 spiro atoms. The van der Waals surface area contributed by atoms with Gasteiger partial charge < -0.3 is 20.5 Å². The van der Waals surface area contributed by atoms with E-state index in [1.54, 1.807) is 13.8 Å². The summed E-state index contributed by atoms with van der Waals surface area (Å²) in [5, 5.41) is 14.6. The third-order valence-electron chi connectivity index (χ3n) is 6.51. The van der Waals surface area contributed by atoms with Crippen molar-refractivity contribution in [3.8, 4) is 11.1 Å². The molecule has 0 heterocycles. The van der Waals surface area contributed by atoms with Crippen molar-refractivity contribution < 1.29 is 24.2 Å². The number of fused-ring (bicyclic) bond motifs is 3. The number of alkyl carbamates (subject to hydrolysis) is 1. The largest absolute Gasteiger partial charge is 0.480 e. The fraction of sp³-hybridized carbons (Fsp3) is 0.400. The molecule has 0 saturated heterocycles. The standard InChI is InChI=1S/C25H28N2O5/c1-14(23(28)27-22(24(29)30)16-11-12-16)15(2)26-25(31)32-13-21-19-9-5-3-7-17(19)18-8-4-6-10-20(18)21/h3-10,14-16,21-22H,11-13H2,1-2H3,(H,26,31)(H,27,28)(H,29,30). The number of ether oxygens (including phenoxy) is 1. The molecule has 1 fully saturated rings. The number of aliphatic carboxylic acids is 1. The highest BCUT2D eigenvalue weighted by Gasteiger charge is 2.38. The molecule has 32 heavy (non-hydrogen) atoms. The van der Waals surface area contributed by atoms with Crippen LogP contribution in [0.3, 0.4) is 0 Å². The number of hydrogen-bond donors (Lipinski definition) is 3. The third-order valence-corrected chi connectivity index (χ3v) is 6.51. The second-order valence-corrected chi connectivity index (χ2v) is 8.71. The quantitative estimate of drug-likeness (QED) is 0.587. The molecule has 2 aliphatic carbocycles. The predicted octanol–water partition coefficient (Wildman–Crippen LogP) is 3.53. The van der Waals surface area contributed by atoms with Crippen LogP contribution in [0.2, 0.25) is 0 Å². The number of carboxylic acid groups (broad SMARTS) is 1. The van der Waals surface area contributed by atoms with Crippen molar-refractivity contribution in [3.05, 3.63) is 59.7 Å². The van der Waals surface area contributed by atoms with E-state index in [0.717, 1.165) is 35.1 Å². The first kappa shape index (κ1) is 21.9. The van der Waals surface area contributed by atoms with Gasteiger partial charge in [0.15, 0.2) is 0 Å². The molecule has 168 valence electrons. The predicted molar refractivity (Wildman–Crippen MR) is 119 cm³/mol. The third kappa shape index (κ3) is 4.47. The van der Waals surface area contributed by atoms with Crippen LogP contribution in [0.1, 0.15) is 43.7 Å². The lowest BCUT2D eigenvalue weighted by Gasteiger charge is -2.23.